The van der Waals surface area contributed by atoms with E-state index in [1.165, 1.54) is 32.2 Å². The average molecular weight is 366 g/mol. The largest absolute Gasteiger partial charge is 0.493 e. The lowest BCUT2D eigenvalue weighted by Crippen LogP contribution is -2.39. The molecule has 144 valence electrons. The van der Waals surface area contributed by atoms with Crippen LogP contribution in [0, 0.1) is 0 Å². The smallest absolute Gasteiger partial charge is 0.338 e. The van der Waals surface area contributed by atoms with Gasteiger partial charge in [0.1, 0.15) is 0 Å². The van der Waals surface area contributed by atoms with Crippen molar-refractivity contribution in [1.29, 1.82) is 0 Å². The number of methoxy groups -OCH3 is 1. The molecule has 0 atom stereocenters. The zero-order chi connectivity index (χ0) is 19.5. The van der Waals surface area contributed by atoms with Gasteiger partial charge >= 0.3 is 5.97 Å². The highest BCUT2D eigenvalue weighted by atomic mass is 16.5. The minimum atomic E-state index is -0.662. The number of rotatable bonds is 10. The monoisotopic (exact) mass is 366 g/mol. The van der Waals surface area contributed by atoms with Crippen LogP contribution < -0.4 is 14.8 Å². The maximum absolute atomic E-state index is 12.1. The van der Waals surface area contributed by atoms with E-state index in [4.69, 9.17) is 14.2 Å². The van der Waals surface area contributed by atoms with Gasteiger partial charge in [-0.2, -0.15) is 0 Å². The van der Waals surface area contributed by atoms with Crippen molar-refractivity contribution in [2.45, 2.75) is 19.8 Å². The molecule has 2 amide bonds. The molecule has 1 rings (SSSR count). The summed E-state index contributed by atoms with van der Waals surface area (Å²) in [6.07, 6.45) is 1.92. The zero-order valence-electron chi connectivity index (χ0n) is 15.7. The Kier molecular flexibility index (Phi) is 8.97. The Labute approximate surface area is 153 Å². The van der Waals surface area contributed by atoms with E-state index in [0.29, 0.717) is 18.1 Å². The molecule has 0 bridgehead atoms. The highest BCUT2D eigenvalue weighted by Crippen LogP contribution is 2.28. The van der Waals surface area contributed by atoms with Gasteiger partial charge in [0.05, 0.1) is 25.8 Å². The van der Waals surface area contributed by atoms with Crippen molar-refractivity contribution in [2.24, 2.45) is 0 Å². The lowest BCUT2D eigenvalue weighted by molar-refractivity contribution is -0.137. The van der Waals surface area contributed by atoms with E-state index in [2.05, 4.69) is 12.2 Å². The van der Waals surface area contributed by atoms with Crippen molar-refractivity contribution in [3.05, 3.63) is 23.8 Å². The number of hydrogen-bond donors (Lipinski definition) is 1. The molecule has 26 heavy (non-hydrogen) atoms. The normalized spacial score (nSPS) is 10.0. The highest BCUT2D eigenvalue weighted by Gasteiger charge is 2.17. The Morgan fingerprint density at radius 1 is 1.19 bits per heavy atom. The summed E-state index contributed by atoms with van der Waals surface area (Å²) < 4.78 is 15.8. The van der Waals surface area contributed by atoms with Crippen LogP contribution in [0.3, 0.4) is 0 Å². The standard InChI is InChI=1S/C18H26N2O6/c1-5-6-9-25-14-8-7-13(10-15(14)24-4)18(23)26-12-17(22)20(3)11-16(21)19-2/h7-8,10H,5-6,9,11-12H2,1-4H3,(H,19,21). The number of carbonyl (C=O) groups is 3. The first-order valence-electron chi connectivity index (χ1n) is 8.35. The van der Waals surface area contributed by atoms with Crippen LogP contribution >= 0.6 is 0 Å². The Morgan fingerprint density at radius 2 is 1.92 bits per heavy atom. The number of nitrogens with one attached hydrogen (secondary N) is 1. The third-order valence-corrected chi connectivity index (χ3v) is 3.57. The van der Waals surface area contributed by atoms with Crippen LogP contribution in [0.1, 0.15) is 30.1 Å². The van der Waals surface area contributed by atoms with Gasteiger partial charge in [0.15, 0.2) is 18.1 Å². The molecule has 0 unspecified atom stereocenters. The first kappa shape index (κ1) is 21.3. The first-order chi connectivity index (χ1) is 12.4. The van der Waals surface area contributed by atoms with Gasteiger partial charge in [-0.15, -0.1) is 0 Å². The molecule has 0 saturated carbocycles. The number of nitrogens with zero attached hydrogens (tertiary/aromatic N) is 1. The van der Waals surface area contributed by atoms with E-state index in [0.717, 1.165) is 12.8 Å². The highest BCUT2D eigenvalue weighted by molar-refractivity contribution is 5.92. The first-order valence-corrected chi connectivity index (χ1v) is 8.35. The molecule has 0 aliphatic rings. The van der Waals surface area contributed by atoms with Gasteiger partial charge in [-0.1, -0.05) is 13.3 Å². The summed E-state index contributed by atoms with van der Waals surface area (Å²) in [5.41, 5.74) is 0.242. The summed E-state index contributed by atoms with van der Waals surface area (Å²) in [7, 11) is 4.41. The van der Waals surface area contributed by atoms with Gasteiger partial charge in [-0.05, 0) is 24.6 Å². The number of amides is 2. The van der Waals surface area contributed by atoms with Gasteiger partial charge < -0.3 is 24.4 Å². The second kappa shape index (κ2) is 11.0. The Morgan fingerprint density at radius 3 is 2.54 bits per heavy atom. The van der Waals surface area contributed by atoms with Crippen LogP contribution in [0.2, 0.25) is 0 Å². The molecule has 1 aromatic rings. The summed E-state index contributed by atoms with van der Waals surface area (Å²) >= 11 is 0. The molecule has 0 aromatic heterocycles. The van der Waals surface area contributed by atoms with E-state index in [1.54, 1.807) is 12.1 Å². The average Bonchev–Trinajstić information content (AvgIpc) is 2.65. The minimum Gasteiger partial charge on any atom is -0.493 e. The van der Waals surface area contributed by atoms with E-state index in [9.17, 15) is 14.4 Å². The third kappa shape index (κ3) is 6.62. The second-order valence-corrected chi connectivity index (χ2v) is 5.57. The summed E-state index contributed by atoms with van der Waals surface area (Å²) in [6.45, 7) is 2.06. The summed E-state index contributed by atoms with van der Waals surface area (Å²) in [6, 6.07) is 4.68. The molecular formula is C18H26N2O6. The molecule has 0 fully saturated rings. The van der Waals surface area contributed by atoms with Crippen molar-refractivity contribution in [3.63, 3.8) is 0 Å². The predicted molar refractivity (Wildman–Crippen MR) is 95.4 cm³/mol. The van der Waals surface area contributed by atoms with E-state index < -0.39 is 18.5 Å². The molecule has 0 spiro atoms. The van der Waals surface area contributed by atoms with Gasteiger partial charge in [-0.25, -0.2) is 4.79 Å². The van der Waals surface area contributed by atoms with Gasteiger partial charge in [0.25, 0.3) is 5.91 Å². The summed E-state index contributed by atoms with van der Waals surface area (Å²) in [5.74, 6) is -0.494. The lowest BCUT2D eigenvalue weighted by Gasteiger charge is -2.16. The van der Waals surface area contributed by atoms with Gasteiger partial charge in [0.2, 0.25) is 5.91 Å². The molecule has 8 nitrogen and oxygen atoms in total. The fourth-order valence-electron chi connectivity index (χ4n) is 1.94. The van der Waals surface area contributed by atoms with Gasteiger partial charge in [0, 0.05) is 14.1 Å². The topological polar surface area (TPSA) is 94.2 Å². The fraction of sp³-hybridized carbons (Fsp3) is 0.500. The number of carbonyl (C=O) groups excluding carboxylic acids is 3. The van der Waals surface area contributed by atoms with Crippen LogP contribution in [0.4, 0.5) is 0 Å². The quantitative estimate of drug-likeness (QED) is 0.494. The minimum absolute atomic E-state index is 0.107. The number of hydrogen-bond acceptors (Lipinski definition) is 6. The summed E-state index contributed by atoms with van der Waals surface area (Å²) in [4.78, 5) is 36.4. The molecule has 8 heteroatoms. The second-order valence-electron chi connectivity index (χ2n) is 5.57. The Balaban J connectivity index is 2.64. The number of esters is 1. The molecule has 0 aliphatic carbocycles. The van der Waals surface area contributed by atoms with Crippen molar-refractivity contribution in [2.75, 3.05) is 41.0 Å². The van der Waals surface area contributed by atoms with Crippen LogP contribution in [-0.4, -0.2) is 63.6 Å². The molecule has 0 radical (unpaired) electrons. The molecule has 0 heterocycles. The van der Waals surface area contributed by atoms with Crippen LogP contribution in [0.25, 0.3) is 0 Å². The predicted octanol–water partition coefficient (Wildman–Crippen LogP) is 1.24. The van der Waals surface area contributed by atoms with E-state index in [-0.39, 0.29) is 18.0 Å². The van der Waals surface area contributed by atoms with Gasteiger partial charge in [-0.3, -0.25) is 9.59 Å². The van der Waals surface area contributed by atoms with Crippen molar-refractivity contribution in [3.8, 4) is 11.5 Å². The number of unbranched alkanes of at least 4 members (excludes halogenated alkanes) is 1. The maximum atomic E-state index is 12.1. The van der Waals surface area contributed by atoms with Crippen molar-refractivity contribution in [1.82, 2.24) is 10.2 Å². The Bertz CT molecular complexity index is 632. The molecule has 0 aliphatic heterocycles. The van der Waals surface area contributed by atoms with Crippen LogP contribution in [0.15, 0.2) is 18.2 Å². The Hall–Kier alpha value is -2.77. The molecule has 1 N–H and O–H groups in total. The fourth-order valence-corrected chi connectivity index (χ4v) is 1.94. The van der Waals surface area contributed by atoms with Crippen LogP contribution in [-0.2, 0) is 14.3 Å². The molecular weight excluding hydrogens is 340 g/mol. The zero-order valence-corrected chi connectivity index (χ0v) is 15.7. The lowest BCUT2D eigenvalue weighted by atomic mass is 10.2. The molecule has 1 aromatic carbocycles. The van der Waals surface area contributed by atoms with E-state index >= 15 is 0 Å². The number of likely N-dealkylation sites (N-methyl/N-ethyl adjacent to an activating group) is 2. The summed E-state index contributed by atoms with van der Waals surface area (Å²) in [5, 5.41) is 2.41. The van der Waals surface area contributed by atoms with Crippen LogP contribution in [0.5, 0.6) is 11.5 Å². The number of ether oxygens (including phenoxy) is 3. The SMILES string of the molecule is CCCCOc1ccc(C(=O)OCC(=O)N(C)CC(=O)NC)cc1OC. The maximum Gasteiger partial charge on any atom is 0.338 e. The number of benzene rings is 1. The molecule has 0 saturated heterocycles. The van der Waals surface area contributed by atoms with Crippen molar-refractivity contribution >= 4 is 17.8 Å². The van der Waals surface area contributed by atoms with Crippen molar-refractivity contribution < 1.29 is 28.6 Å². The van der Waals surface area contributed by atoms with E-state index in [1.807, 2.05) is 0 Å². The third-order valence-electron chi connectivity index (χ3n) is 3.57.